The number of esters is 1. The molecule has 8 nitrogen and oxygen atoms in total. The van der Waals surface area contributed by atoms with Crippen molar-refractivity contribution >= 4 is 45.7 Å². The van der Waals surface area contributed by atoms with Crippen molar-refractivity contribution in [2.75, 3.05) is 37.7 Å². The number of aromatic nitrogens is 1. The van der Waals surface area contributed by atoms with Gasteiger partial charge < -0.3 is 24.2 Å². The quantitative estimate of drug-likeness (QED) is 0.523. The first-order chi connectivity index (χ1) is 17.3. The third kappa shape index (κ3) is 3.99. The number of ether oxygens (including phenoxy) is 1. The first-order valence-electron chi connectivity index (χ1n) is 11.5. The molecule has 0 saturated carbocycles. The van der Waals surface area contributed by atoms with Crippen LogP contribution in [0.3, 0.4) is 0 Å². The fourth-order valence-corrected chi connectivity index (χ4v) is 5.08. The number of nitrogens with zero attached hydrogens (tertiary/aromatic N) is 3. The Kier molecular flexibility index (Phi) is 6.17. The Labute approximate surface area is 210 Å². The van der Waals surface area contributed by atoms with Crippen molar-refractivity contribution in [2.45, 2.75) is 13.5 Å². The fourth-order valence-electron chi connectivity index (χ4n) is 4.85. The Morgan fingerprint density at radius 1 is 1.11 bits per heavy atom. The molecule has 10 heteroatoms. The maximum atomic E-state index is 15.2. The van der Waals surface area contributed by atoms with Gasteiger partial charge >= 0.3 is 11.9 Å². The first-order valence-corrected chi connectivity index (χ1v) is 11.9. The van der Waals surface area contributed by atoms with E-state index in [0.29, 0.717) is 60.1 Å². The number of piperazine rings is 1. The average molecular weight is 512 g/mol. The topological polar surface area (TPSA) is 92.1 Å². The molecule has 1 N–H and O–H groups in total. The molecule has 2 aliphatic rings. The number of hydrogen-bond donors (Lipinski definition) is 1. The molecule has 0 amide bonds. The molecule has 36 heavy (non-hydrogen) atoms. The number of halogens is 2. The molecule has 2 aliphatic heterocycles. The molecule has 0 bridgehead atoms. The molecular formula is C26H23ClFN3O5. The van der Waals surface area contributed by atoms with Crippen LogP contribution in [0, 0.1) is 5.82 Å². The van der Waals surface area contributed by atoms with Gasteiger partial charge in [0.2, 0.25) is 5.43 Å². The van der Waals surface area contributed by atoms with Crippen molar-refractivity contribution < 1.29 is 23.8 Å². The van der Waals surface area contributed by atoms with E-state index in [1.807, 2.05) is 17.9 Å². The predicted molar refractivity (Wildman–Crippen MR) is 134 cm³/mol. The molecule has 2 aromatic carbocycles. The Hall–Kier alpha value is -3.85. The Balaban J connectivity index is 1.45. The van der Waals surface area contributed by atoms with Gasteiger partial charge in [0, 0.05) is 54.9 Å². The van der Waals surface area contributed by atoms with Crippen molar-refractivity contribution in [3.63, 3.8) is 0 Å². The van der Waals surface area contributed by atoms with E-state index in [1.165, 1.54) is 6.20 Å². The number of benzene rings is 2. The molecule has 3 heterocycles. The summed E-state index contributed by atoms with van der Waals surface area (Å²) in [5.41, 5.74) is 1.55. The summed E-state index contributed by atoms with van der Waals surface area (Å²) >= 11 is 6.34. The minimum atomic E-state index is -1.34. The van der Waals surface area contributed by atoms with Crippen LogP contribution in [0.25, 0.3) is 16.5 Å². The van der Waals surface area contributed by atoms with Crippen LogP contribution < -0.4 is 10.3 Å². The monoisotopic (exact) mass is 511 g/mol. The van der Waals surface area contributed by atoms with E-state index in [4.69, 9.17) is 16.3 Å². The number of anilines is 1. The summed E-state index contributed by atoms with van der Waals surface area (Å²) in [6.45, 7) is 4.39. The van der Waals surface area contributed by atoms with Crippen molar-refractivity contribution in [1.82, 2.24) is 9.47 Å². The molecule has 1 saturated heterocycles. The smallest absolute Gasteiger partial charge is 0.341 e. The summed E-state index contributed by atoms with van der Waals surface area (Å²) in [5.74, 6) is -2.35. The summed E-state index contributed by atoms with van der Waals surface area (Å²) in [7, 11) is 0. The fraction of sp³-hybridized carbons (Fsp3) is 0.269. The molecule has 0 aliphatic carbocycles. The number of rotatable bonds is 5. The third-order valence-corrected chi connectivity index (χ3v) is 7.03. The second kappa shape index (κ2) is 9.31. The molecule has 1 fully saturated rings. The largest absolute Gasteiger partial charge is 0.477 e. The summed E-state index contributed by atoms with van der Waals surface area (Å²) in [5, 5.41) is 9.85. The Bertz CT molecular complexity index is 1490. The van der Waals surface area contributed by atoms with E-state index < -0.39 is 23.2 Å². The molecule has 0 unspecified atom stereocenters. The van der Waals surface area contributed by atoms with E-state index in [-0.39, 0.29) is 17.6 Å². The van der Waals surface area contributed by atoms with Gasteiger partial charge in [0.05, 0.1) is 22.5 Å². The number of carboxylic acid groups (broad SMARTS) is 1. The van der Waals surface area contributed by atoms with Crippen molar-refractivity contribution in [2.24, 2.45) is 0 Å². The van der Waals surface area contributed by atoms with Crippen LogP contribution in [0.1, 0.15) is 22.8 Å². The first kappa shape index (κ1) is 23.9. The maximum Gasteiger partial charge on any atom is 0.341 e. The highest BCUT2D eigenvalue weighted by Crippen LogP contribution is 2.34. The van der Waals surface area contributed by atoms with E-state index in [2.05, 4.69) is 4.90 Å². The van der Waals surface area contributed by atoms with E-state index in [9.17, 15) is 19.5 Å². The molecule has 3 aromatic rings. The molecular weight excluding hydrogens is 489 g/mol. The summed E-state index contributed by atoms with van der Waals surface area (Å²) in [6, 6.07) is 9.85. The zero-order valence-electron chi connectivity index (χ0n) is 19.5. The number of hydrogen-bond acceptors (Lipinski definition) is 6. The molecule has 1 aromatic heterocycles. The van der Waals surface area contributed by atoms with Crippen LogP contribution in [0.4, 0.5) is 10.1 Å². The second-order valence-corrected chi connectivity index (χ2v) is 9.04. The van der Waals surface area contributed by atoms with Crippen molar-refractivity contribution in [3.05, 3.63) is 80.5 Å². The average Bonchev–Trinajstić information content (AvgIpc) is 3.25. The van der Waals surface area contributed by atoms with Crippen LogP contribution in [0.15, 0.2) is 53.1 Å². The van der Waals surface area contributed by atoms with Crippen LogP contribution in [-0.4, -0.2) is 59.3 Å². The van der Waals surface area contributed by atoms with Crippen LogP contribution in [0.5, 0.6) is 0 Å². The Morgan fingerprint density at radius 2 is 1.81 bits per heavy atom. The third-order valence-electron chi connectivity index (χ3n) is 6.70. The second-order valence-electron chi connectivity index (χ2n) is 8.64. The van der Waals surface area contributed by atoms with Gasteiger partial charge in [0.15, 0.2) is 0 Å². The highest BCUT2D eigenvalue weighted by Gasteiger charge is 2.33. The summed E-state index contributed by atoms with van der Waals surface area (Å²) < 4.78 is 22.2. The maximum absolute atomic E-state index is 15.2. The number of fused-ring (bicyclic) bond motifs is 1. The zero-order valence-corrected chi connectivity index (χ0v) is 20.2. The highest BCUT2D eigenvalue weighted by atomic mass is 35.5. The standard InChI is InChI=1S/C26H23ClFN3O5/c1-2-29-13-17(25(33)34)24(32)16-11-19(28)21(12-20(16)29)30-7-9-31(10-8-30)22-14-36-26(35)23(22)15-5-3-4-6-18(15)27/h3-6,11-13H,2,7-10,14H2,1H3,(H,33,34). The summed E-state index contributed by atoms with van der Waals surface area (Å²) in [4.78, 5) is 40.5. The number of carboxylic acids is 1. The van der Waals surface area contributed by atoms with E-state index >= 15 is 4.39 Å². The number of pyridine rings is 1. The van der Waals surface area contributed by atoms with Crippen LogP contribution >= 0.6 is 11.6 Å². The van der Waals surface area contributed by atoms with Gasteiger partial charge in [-0.15, -0.1) is 0 Å². The van der Waals surface area contributed by atoms with Gasteiger partial charge in [-0.2, -0.15) is 0 Å². The number of carbonyl (C=O) groups excluding carboxylic acids is 1. The predicted octanol–water partition coefficient (Wildman–Crippen LogP) is 3.60. The minimum absolute atomic E-state index is 0.0350. The molecule has 0 radical (unpaired) electrons. The summed E-state index contributed by atoms with van der Waals surface area (Å²) in [6.07, 6.45) is 1.30. The number of cyclic esters (lactones) is 1. The van der Waals surface area contributed by atoms with Gasteiger partial charge in [-0.1, -0.05) is 29.8 Å². The zero-order chi connectivity index (χ0) is 25.6. The van der Waals surface area contributed by atoms with Gasteiger partial charge in [0.1, 0.15) is 18.0 Å². The highest BCUT2D eigenvalue weighted by molar-refractivity contribution is 6.35. The van der Waals surface area contributed by atoms with Crippen molar-refractivity contribution in [1.29, 1.82) is 0 Å². The van der Waals surface area contributed by atoms with Crippen LogP contribution in [-0.2, 0) is 16.1 Å². The van der Waals surface area contributed by atoms with Crippen molar-refractivity contribution in [3.8, 4) is 0 Å². The van der Waals surface area contributed by atoms with Gasteiger partial charge in [-0.25, -0.2) is 14.0 Å². The van der Waals surface area contributed by atoms with E-state index in [0.717, 1.165) is 11.8 Å². The molecule has 5 rings (SSSR count). The lowest BCUT2D eigenvalue weighted by Gasteiger charge is -2.38. The minimum Gasteiger partial charge on any atom is -0.477 e. The van der Waals surface area contributed by atoms with Gasteiger partial charge in [-0.05, 0) is 25.1 Å². The number of aryl methyl sites for hydroxylation is 1. The SMILES string of the molecule is CCn1cc(C(=O)O)c(=O)c2cc(F)c(N3CCN(C4=C(c5ccccc5Cl)C(=O)OC4)CC3)cc21. The molecule has 0 spiro atoms. The number of carbonyl (C=O) groups is 2. The van der Waals surface area contributed by atoms with Gasteiger partial charge in [-0.3, -0.25) is 4.79 Å². The normalized spacial score (nSPS) is 16.1. The van der Waals surface area contributed by atoms with Crippen LogP contribution in [0.2, 0.25) is 5.02 Å². The Morgan fingerprint density at radius 3 is 2.47 bits per heavy atom. The number of aromatic carboxylic acids is 1. The van der Waals surface area contributed by atoms with E-state index in [1.54, 1.807) is 28.8 Å². The lowest BCUT2D eigenvalue weighted by atomic mass is 10.0. The molecule has 0 atom stereocenters. The van der Waals surface area contributed by atoms with Gasteiger partial charge in [0.25, 0.3) is 0 Å². The lowest BCUT2D eigenvalue weighted by Crippen LogP contribution is -2.46. The molecule has 186 valence electrons. The lowest BCUT2D eigenvalue weighted by molar-refractivity contribution is -0.134.